The lowest BCUT2D eigenvalue weighted by atomic mass is 10.1. The molecule has 0 N–H and O–H groups in total. The lowest BCUT2D eigenvalue weighted by molar-refractivity contribution is 0.880. The molecule has 0 saturated heterocycles. The first-order valence-electron chi connectivity index (χ1n) is 6.52. The second kappa shape index (κ2) is 5.14. The molecule has 0 aliphatic carbocycles. The van der Waals surface area contributed by atoms with Crippen LogP contribution in [0.25, 0.3) is 16.8 Å². The molecule has 2 nitrogen and oxygen atoms in total. The van der Waals surface area contributed by atoms with Crippen LogP contribution in [-0.4, -0.2) is 9.78 Å². The summed E-state index contributed by atoms with van der Waals surface area (Å²) in [4.78, 5) is 0. The maximum Gasteiger partial charge on any atom is 0.0660 e. The van der Waals surface area contributed by atoms with Crippen LogP contribution in [0.5, 0.6) is 0 Å². The van der Waals surface area contributed by atoms with Crippen LogP contribution in [0.3, 0.4) is 0 Å². The fraction of sp³-hybridized carbons (Fsp3) is 0.118. The quantitative estimate of drug-likeness (QED) is 0.659. The summed E-state index contributed by atoms with van der Waals surface area (Å²) in [6, 6.07) is 14.4. The minimum Gasteiger partial charge on any atom is -0.240 e. The predicted molar refractivity (Wildman–Crippen MR) is 83.5 cm³/mol. The van der Waals surface area contributed by atoms with Gasteiger partial charge in [0.05, 0.1) is 11.9 Å². The maximum atomic E-state index is 6.17. The Balaban J connectivity index is 1.99. The van der Waals surface area contributed by atoms with Crippen LogP contribution in [0.15, 0.2) is 54.9 Å². The zero-order valence-corrected chi connectivity index (χ0v) is 12.2. The van der Waals surface area contributed by atoms with Gasteiger partial charge in [-0.15, -0.1) is 0 Å². The van der Waals surface area contributed by atoms with Crippen molar-refractivity contribution in [3.8, 4) is 16.8 Å². The molecular formula is C17H15ClN2. The van der Waals surface area contributed by atoms with Gasteiger partial charge < -0.3 is 0 Å². The van der Waals surface area contributed by atoms with Crippen LogP contribution in [-0.2, 0) is 0 Å². The molecule has 0 radical (unpaired) electrons. The summed E-state index contributed by atoms with van der Waals surface area (Å²) < 4.78 is 1.85. The van der Waals surface area contributed by atoms with Crippen LogP contribution in [0, 0.1) is 13.8 Å². The van der Waals surface area contributed by atoms with Gasteiger partial charge in [0.1, 0.15) is 0 Å². The third kappa shape index (κ3) is 2.47. The van der Waals surface area contributed by atoms with Crippen molar-refractivity contribution in [1.82, 2.24) is 9.78 Å². The standard InChI is InChI=1S/C17H15ClN2/c1-12-4-3-5-14(8-12)15-10-19-20(11-15)16-7-6-13(2)17(18)9-16/h3-11H,1-2H3. The Kier molecular flexibility index (Phi) is 3.33. The van der Waals surface area contributed by atoms with Crippen molar-refractivity contribution in [2.75, 3.05) is 0 Å². The molecule has 0 atom stereocenters. The summed E-state index contributed by atoms with van der Waals surface area (Å²) in [5, 5.41) is 5.18. The van der Waals surface area contributed by atoms with Gasteiger partial charge in [-0.2, -0.15) is 5.10 Å². The van der Waals surface area contributed by atoms with Gasteiger partial charge in [-0.1, -0.05) is 47.5 Å². The molecule has 0 saturated carbocycles. The number of halogens is 1. The largest absolute Gasteiger partial charge is 0.240 e. The van der Waals surface area contributed by atoms with E-state index in [0.717, 1.165) is 21.8 Å². The van der Waals surface area contributed by atoms with Crippen LogP contribution >= 0.6 is 11.6 Å². The number of aryl methyl sites for hydroxylation is 2. The van der Waals surface area contributed by atoms with Crippen molar-refractivity contribution < 1.29 is 0 Å². The van der Waals surface area contributed by atoms with Crippen LogP contribution in [0.4, 0.5) is 0 Å². The second-order valence-electron chi connectivity index (χ2n) is 4.98. The zero-order valence-electron chi connectivity index (χ0n) is 11.5. The number of rotatable bonds is 2. The van der Waals surface area contributed by atoms with Crippen molar-refractivity contribution in [1.29, 1.82) is 0 Å². The van der Waals surface area contributed by atoms with Crippen LogP contribution < -0.4 is 0 Å². The molecule has 3 rings (SSSR count). The average Bonchev–Trinajstić information content (AvgIpc) is 2.92. The Bertz CT molecular complexity index is 759. The minimum absolute atomic E-state index is 0.759. The third-order valence-electron chi connectivity index (χ3n) is 3.35. The van der Waals surface area contributed by atoms with Gasteiger partial charge in [-0.25, -0.2) is 4.68 Å². The molecule has 20 heavy (non-hydrogen) atoms. The van der Waals surface area contributed by atoms with E-state index in [9.17, 15) is 0 Å². The molecule has 2 aromatic carbocycles. The summed E-state index contributed by atoms with van der Waals surface area (Å²) in [6.07, 6.45) is 3.90. The highest BCUT2D eigenvalue weighted by atomic mass is 35.5. The van der Waals surface area contributed by atoms with E-state index in [1.54, 1.807) is 0 Å². The Morgan fingerprint density at radius 1 is 1.00 bits per heavy atom. The van der Waals surface area contributed by atoms with Gasteiger partial charge >= 0.3 is 0 Å². The van der Waals surface area contributed by atoms with Crippen molar-refractivity contribution in [2.45, 2.75) is 13.8 Å². The number of nitrogens with zero attached hydrogens (tertiary/aromatic N) is 2. The van der Waals surface area contributed by atoms with E-state index in [0.29, 0.717) is 0 Å². The summed E-state index contributed by atoms with van der Waals surface area (Å²) >= 11 is 6.17. The molecule has 0 bridgehead atoms. The highest BCUT2D eigenvalue weighted by Gasteiger charge is 2.05. The molecule has 0 aliphatic heterocycles. The highest BCUT2D eigenvalue weighted by molar-refractivity contribution is 6.31. The van der Waals surface area contributed by atoms with Crippen molar-refractivity contribution in [2.24, 2.45) is 0 Å². The molecule has 0 fully saturated rings. The summed E-state index contributed by atoms with van der Waals surface area (Å²) in [5.41, 5.74) is 5.56. The third-order valence-corrected chi connectivity index (χ3v) is 3.76. The first kappa shape index (κ1) is 12.9. The number of benzene rings is 2. The molecular weight excluding hydrogens is 268 g/mol. The van der Waals surface area contributed by atoms with Gasteiger partial charge in [0.25, 0.3) is 0 Å². The molecule has 3 heteroatoms. The van der Waals surface area contributed by atoms with Crippen molar-refractivity contribution in [3.63, 3.8) is 0 Å². The SMILES string of the molecule is Cc1cccc(-c2cnn(-c3ccc(C)c(Cl)c3)c2)c1. The molecule has 100 valence electrons. The Morgan fingerprint density at radius 2 is 1.85 bits per heavy atom. The highest BCUT2D eigenvalue weighted by Crippen LogP contribution is 2.23. The second-order valence-corrected chi connectivity index (χ2v) is 5.38. The fourth-order valence-corrected chi connectivity index (χ4v) is 2.34. The Labute approximate surface area is 123 Å². The normalized spacial score (nSPS) is 10.8. The Morgan fingerprint density at radius 3 is 2.60 bits per heavy atom. The Hall–Kier alpha value is -2.06. The van der Waals surface area contributed by atoms with E-state index in [-0.39, 0.29) is 0 Å². The lowest BCUT2D eigenvalue weighted by Crippen LogP contribution is -1.94. The maximum absolute atomic E-state index is 6.17. The van der Waals surface area contributed by atoms with Gasteiger partial charge in [0.2, 0.25) is 0 Å². The molecule has 0 spiro atoms. The zero-order chi connectivity index (χ0) is 14.1. The summed E-state index contributed by atoms with van der Waals surface area (Å²) in [7, 11) is 0. The van der Waals surface area contributed by atoms with Gasteiger partial charge in [-0.05, 0) is 37.1 Å². The van der Waals surface area contributed by atoms with Gasteiger partial charge in [0.15, 0.2) is 0 Å². The van der Waals surface area contributed by atoms with E-state index in [1.807, 2.05) is 42.2 Å². The van der Waals surface area contributed by atoms with E-state index in [1.165, 1.54) is 11.1 Å². The van der Waals surface area contributed by atoms with E-state index in [2.05, 4.69) is 36.3 Å². The van der Waals surface area contributed by atoms with Crippen molar-refractivity contribution in [3.05, 3.63) is 71.0 Å². The molecule has 1 heterocycles. The van der Waals surface area contributed by atoms with E-state index < -0.39 is 0 Å². The minimum atomic E-state index is 0.759. The van der Waals surface area contributed by atoms with Crippen LogP contribution in [0.1, 0.15) is 11.1 Å². The van der Waals surface area contributed by atoms with E-state index in [4.69, 9.17) is 11.6 Å². The first-order valence-corrected chi connectivity index (χ1v) is 6.89. The number of aromatic nitrogens is 2. The molecule has 0 amide bonds. The van der Waals surface area contributed by atoms with Gasteiger partial charge in [0, 0.05) is 16.8 Å². The average molecular weight is 283 g/mol. The lowest BCUT2D eigenvalue weighted by Gasteiger charge is -2.03. The smallest absolute Gasteiger partial charge is 0.0660 e. The number of hydrogen-bond donors (Lipinski definition) is 0. The number of hydrogen-bond acceptors (Lipinski definition) is 1. The first-order chi connectivity index (χ1) is 9.63. The molecule has 0 aliphatic rings. The fourth-order valence-electron chi connectivity index (χ4n) is 2.16. The molecule has 1 aromatic heterocycles. The molecule has 0 unspecified atom stereocenters. The molecule has 3 aromatic rings. The van der Waals surface area contributed by atoms with Crippen molar-refractivity contribution >= 4 is 11.6 Å². The van der Waals surface area contributed by atoms with Crippen LogP contribution in [0.2, 0.25) is 5.02 Å². The predicted octanol–water partition coefficient (Wildman–Crippen LogP) is 4.81. The summed E-state index contributed by atoms with van der Waals surface area (Å²) in [6.45, 7) is 4.08. The van der Waals surface area contributed by atoms with Gasteiger partial charge in [-0.3, -0.25) is 0 Å². The van der Waals surface area contributed by atoms with E-state index >= 15 is 0 Å². The monoisotopic (exact) mass is 282 g/mol. The topological polar surface area (TPSA) is 17.8 Å². The summed E-state index contributed by atoms with van der Waals surface area (Å²) in [5.74, 6) is 0.